The van der Waals surface area contributed by atoms with E-state index in [1.54, 1.807) is 23.0 Å². The number of aryl methyl sites for hydroxylation is 2. The van der Waals surface area contributed by atoms with Crippen LogP contribution in [0, 0.1) is 13.8 Å². The van der Waals surface area contributed by atoms with Crippen LogP contribution in [-0.4, -0.2) is 32.4 Å². The maximum Gasteiger partial charge on any atom is 0.266 e. The molecular weight excluding hydrogens is 268 g/mol. The summed E-state index contributed by atoms with van der Waals surface area (Å²) in [6.07, 6.45) is 3.90. The summed E-state index contributed by atoms with van der Waals surface area (Å²) in [6, 6.07) is 3.57. The first-order valence-electron chi connectivity index (χ1n) is 7.33. The fraction of sp³-hybridized carbons (Fsp3) is 0.533. The fourth-order valence-corrected chi connectivity index (χ4v) is 2.96. The molecule has 1 fully saturated rings. The Morgan fingerprint density at radius 3 is 3.00 bits per heavy atom. The first-order valence-corrected chi connectivity index (χ1v) is 7.33. The predicted molar refractivity (Wildman–Crippen MR) is 77.9 cm³/mol. The second kappa shape index (κ2) is 5.81. The standard InChI is InChI=1S/C15H20N4O2/c1-11-14(12(2)21-17-11)10-18-8-4-5-13(18)9-19-15(20)6-3-7-16-19/h3,6-7,13H,4-5,8-10H2,1-2H3. The maximum absolute atomic E-state index is 11.8. The summed E-state index contributed by atoms with van der Waals surface area (Å²) in [5, 5.41) is 8.17. The summed E-state index contributed by atoms with van der Waals surface area (Å²) < 4.78 is 6.79. The van der Waals surface area contributed by atoms with Crippen molar-refractivity contribution in [2.75, 3.05) is 6.54 Å². The van der Waals surface area contributed by atoms with Crippen molar-refractivity contribution < 1.29 is 4.52 Å². The van der Waals surface area contributed by atoms with Crippen molar-refractivity contribution >= 4 is 0 Å². The summed E-state index contributed by atoms with van der Waals surface area (Å²) in [7, 11) is 0. The highest BCUT2D eigenvalue weighted by molar-refractivity contribution is 5.20. The Hall–Kier alpha value is -1.95. The van der Waals surface area contributed by atoms with Gasteiger partial charge in [-0.2, -0.15) is 5.10 Å². The lowest BCUT2D eigenvalue weighted by molar-refractivity contribution is 0.215. The first kappa shape index (κ1) is 14.0. The summed E-state index contributed by atoms with van der Waals surface area (Å²) in [6.45, 7) is 6.43. The SMILES string of the molecule is Cc1noc(C)c1CN1CCCC1Cn1ncccc1=O. The van der Waals surface area contributed by atoms with E-state index in [1.165, 1.54) is 0 Å². The number of hydrogen-bond donors (Lipinski definition) is 0. The van der Waals surface area contributed by atoms with Gasteiger partial charge in [-0.15, -0.1) is 0 Å². The Balaban J connectivity index is 1.74. The van der Waals surface area contributed by atoms with Crippen LogP contribution in [0.5, 0.6) is 0 Å². The van der Waals surface area contributed by atoms with Crippen LogP contribution in [-0.2, 0) is 13.1 Å². The molecule has 6 heteroatoms. The number of likely N-dealkylation sites (tertiary alicyclic amines) is 1. The molecule has 2 aromatic rings. The van der Waals surface area contributed by atoms with Crippen molar-refractivity contribution in [3.63, 3.8) is 0 Å². The van der Waals surface area contributed by atoms with E-state index < -0.39 is 0 Å². The van der Waals surface area contributed by atoms with Crippen molar-refractivity contribution in [1.29, 1.82) is 0 Å². The van der Waals surface area contributed by atoms with Crippen molar-refractivity contribution in [3.8, 4) is 0 Å². The summed E-state index contributed by atoms with van der Waals surface area (Å²) in [5.41, 5.74) is 2.07. The Morgan fingerprint density at radius 2 is 2.29 bits per heavy atom. The monoisotopic (exact) mass is 288 g/mol. The highest BCUT2D eigenvalue weighted by atomic mass is 16.5. The molecule has 0 bridgehead atoms. The molecule has 1 aliphatic heterocycles. The molecule has 3 heterocycles. The minimum Gasteiger partial charge on any atom is -0.361 e. The van der Waals surface area contributed by atoms with E-state index in [-0.39, 0.29) is 5.56 Å². The minimum atomic E-state index is -0.0401. The van der Waals surface area contributed by atoms with Gasteiger partial charge in [0.2, 0.25) is 0 Å². The zero-order chi connectivity index (χ0) is 14.8. The molecule has 1 atom stereocenters. The van der Waals surface area contributed by atoms with Gasteiger partial charge >= 0.3 is 0 Å². The molecule has 0 N–H and O–H groups in total. The van der Waals surface area contributed by atoms with E-state index in [0.717, 1.165) is 42.9 Å². The van der Waals surface area contributed by atoms with Crippen LogP contribution in [0.2, 0.25) is 0 Å². The quantitative estimate of drug-likeness (QED) is 0.853. The highest BCUT2D eigenvalue weighted by Crippen LogP contribution is 2.23. The van der Waals surface area contributed by atoms with Crippen molar-refractivity contribution in [3.05, 3.63) is 45.7 Å². The lowest BCUT2D eigenvalue weighted by atomic mass is 10.1. The molecular formula is C15H20N4O2. The molecule has 0 aliphatic carbocycles. The van der Waals surface area contributed by atoms with Crippen molar-refractivity contribution in [1.82, 2.24) is 19.8 Å². The van der Waals surface area contributed by atoms with Crippen molar-refractivity contribution in [2.45, 2.75) is 45.8 Å². The van der Waals surface area contributed by atoms with Gasteiger partial charge in [0.1, 0.15) is 5.76 Å². The van der Waals surface area contributed by atoms with E-state index >= 15 is 0 Å². The van der Waals surface area contributed by atoms with E-state index in [9.17, 15) is 4.79 Å². The van der Waals surface area contributed by atoms with Gasteiger partial charge in [-0.3, -0.25) is 9.69 Å². The van der Waals surface area contributed by atoms with Crippen LogP contribution in [0.1, 0.15) is 29.9 Å². The molecule has 0 aromatic carbocycles. The van der Waals surface area contributed by atoms with Gasteiger partial charge in [-0.25, -0.2) is 4.68 Å². The highest BCUT2D eigenvalue weighted by Gasteiger charge is 2.27. The Bertz CT molecular complexity index is 657. The van der Waals surface area contributed by atoms with Crippen LogP contribution in [0.4, 0.5) is 0 Å². The topological polar surface area (TPSA) is 64.2 Å². The summed E-state index contributed by atoms with van der Waals surface area (Å²) in [4.78, 5) is 14.2. The molecule has 2 aromatic heterocycles. The van der Waals surface area contributed by atoms with Gasteiger partial charge in [-0.05, 0) is 39.3 Å². The van der Waals surface area contributed by atoms with Gasteiger partial charge in [0.05, 0.1) is 12.2 Å². The second-order valence-electron chi connectivity index (χ2n) is 5.61. The molecule has 6 nitrogen and oxygen atoms in total. The summed E-state index contributed by atoms with van der Waals surface area (Å²) >= 11 is 0. The average molecular weight is 288 g/mol. The zero-order valence-corrected chi connectivity index (χ0v) is 12.5. The van der Waals surface area contributed by atoms with Gasteiger partial charge in [0.25, 0.3) is 5.56 Å². The van der Waals surface area contributed by atoms with Crippen LogP contribution in [0.15, 0.2) is 27.6 Å². The summed E-state index contributed by atoms with van der Waals surface area (Å²) in [5.74, 6) is 0.883. The van der Waals surface area contributed by atoms with Crippen molar-refractivity contribution in [2.24, 2.45) is 0 Å². The maximum atomic E-state index is 11.8. The molecule has 3 rings (SSSR count). The van der Waals surface area contributed by atoms with E-state index in [0.29, 0.717) is 12.6 Å². The third kappa shape index (κ3) is 2.90. The number of rotatable bonds is 4. The van der Waals surface area contributed by atoms with E-state index in [4.69, 9.17) is 4.52 Å². The normalized spacial score (nSPS) is 19.2. The zero-order valence-electron chi connectivity index (χ0n) is 12.5. The lowest BCUT2D eigenvalue weighted by Crippen LogP contribution is -2.36. The fourth-order valence-electron chi connectivity index (χ4n) is 2.96. The lowest BCUT2D eigenvalue weighted by Gasteiger charge is -2.24. The average Bonchev–Trinajstić information content (AvgIpc) is 3.03. The first-order chi connectivity index (χ1) is 10.1. The Labute approximate surface area is 123 Å². The molecule has 1 aliphatic rings. The largest absolute Gasteiger partial charge is 0.361 e. The Morgan fingerprint density at radius 1 is 1.43 bits per heavy atom. The molecule has 21 heavy (non-hydrogen) atoms. The number of nitrogens with zero attached hydrogens (tertiary/aromatic N) is 4. The van der Waals surface area contributed by atoms with Crippen LogP contribution in [0.3, 0.4) is 0 Å². The van der Waals surface area contributed by atoms with E-state index in [1.807, 2.05) is 13.8 Å². The molecule has 1 saturated heterocycles. The molecule has 0 spiro atoms. The van der Waals surface area contributed by atoms with Crippen LogP contribution < -0.4 is 5.56 Å². The molecule has 1 unspecified atom stereocenters. The smallest absolute Gasteiger partial charge is 0.266 e. The van der Waals surface area contributed by atoms with Gasteiger partial charge in [0.15, 0.2) is 0 Å². The van der Waals surface area contributed by atoms with Gasteiger partial charge in [-0.1, -0.05) is 5.16 Å². The minimum absolute atomic E-state index is 0.0401. The predicted octanol–water partition coefficient (Wildman–Crippen LogP) is 1.51. The third-order valence-corrected chi connectivity index (χ3v) is 4.21. The molecule has 0 amide bonds. The number of aromatic nitrogens is 3. The second-order valence-corrected chi connectivity index (χ2v) is 5.61. The van der Waals surface area contributed by atoms with Crippen LogP contribution >= 0.6 is 0 Å². The molecule has 0 saturated carbocycles. The molecule has 112 valence electrons. The number of hydrogen-bond acceptors (Lipinski definition) is 5. The van der Waals surface area contributed by atoms with Crippen LogP contribution in [0.25, 0.3) is 0 Å². The van der Waals surface area contributed by atoms with Gasteiger partial charge < -0.3 is 4.52 Å². The third-order valence-electron chi connectivity index (χ3n) is 4.21. The van der Waals surface area contributed by atoms with E-state index in [2.05, 4.69) is 15.2 Å². The Kier molecular flexibility index (Phi) is 3.88. The molecule has 0 radical (unpaired) electrons. The van der Waals surface area contributed by atoms with Gasteiger partial charge in [0, 0.05) is 30.4 Å².